The molecular formula is C14H21FN2O2. The van der Waals surface area contributed by atoms with Gasteiger partial charge in [-0.3, -0.25) is 0 Å². The number of ether oxygens (including phenoxy) is 2. The molecule has 1 fully saturated rings. The molecule has 4 nitrogen and oxygen atoms in total. The van der Waals surface area contributed by atoms with Crippen LogP contribution < -0.4 is 14.8 Å². The number of halogens is 1. The number of nitrogens with one attached hydrogen (secondary N) is 1. The van der Waals surface area contributed by atoms with E-state index >= 15 is 0 Å². The van der Waals surface area contributed by atoms with Crippen molar-refractivity contribution in [3.63, 3.8) is 0 Å². The molecule has 0 atom stereocenters. The van der Waals surface area contributed by atoms with Gasteiger partial charge in [-0.25, -0.2) is 4.39 Å². The van der Waals surface area contributed by atoms with E-state index in [0.717, 1.165) is 32.7 Å². The molecule has 0 aromatic heterocycles. The minimum Gasteiger partial charge on any atom is -0.497 e. The molecule has 1 aromatic carbocycles. The van der Waals surface area contributed by atoms with Crippen LogP contribution in [0.1, 0.15) is 5.56 Å². The van der Waals surface area contributed by atoms with Crippen molar-refractivity contribution >= 4 is 0 Å². The fraction of sp³-hybridized carbons (Fsp3) is 0.571. The topological polar surface area (TPSA) is 33.7 Å². The Labute approximate surface area is 113 Å². The number of hydrogen-bond donors (Lipinski definition) is 1. The van der Waals surface area contributed by atoms with E-state index in [0.29, 0.717) is 17.7 Å². The van der Waals surface area contributed by atoms with Crippen molar-refractivity contribution in [3.8, 4) is 11.5 Å². The van der Waals surface area contributed by atoms with Crippen LogP contribution in [0.4, 0.5) is 4.39 Å². The lowest BCUT2D eigenvalue weighted by molar-refractivity contribution is 0.242. The highest BCUT2D eigenvalue weighted by atomic mass is 19.1. The minimum absolute atomic E-state index is 0.245. The van der Waals surface area contributed by atoms with E-state index in [2.05, 4.69) is 10.2 Å². The number of benzene rings is 1. The first-order chi connectivity index (χ1) is 9.24. The molecular weight excluding hydrogens is 247 g/mol. The van der Waals surface area contributed by atoms with Gasteiger partial charge in [-0.1, -0.05) is 0 Å². The van der Waals surface area contributed by atoms with Gasteiger partial charge in [0.05, 0.1) is 14.2 Å². The molecule has 0 unspecified atom stereocenters. The SMILES string of the molecule is COc1cc(CCN2CCNCC2)c(F)c(OC)c1. The first-order valence-electron chi connectivity index (χ1n) is 6.58. The molecule has 0 saturated carbocycles. The van der Waals surface area contributed by atoms with Crippen molar-refractivity contribution in [2.45, 2.75) is 6.42 Å². The number of hydrogen-bond acceptors (Lipinski definition) is 4. The van der Waals surface area contributed by atoms with Gasteiger partial charge in [0.1, 0.15) is 5.75 Å². The number of nitrogens with zero attached hydrogens (tertiary/aromatic N) is 1. The third kappa shape index (κ3) is 3.58. The molecule has 19 heavy (non-hydrogen) atoms. The third-order valence-corrected chi connectivity index (χ3v) is 3.45. The summed E-state index contributed by atoms with van der Waals surface area (Å²) < 4.78 is 24.3. The van der Waals surface area contributed by atoms with Gasteiger partial charge in [0.2, 0.25) is 0 Å². The predicted molar refractivity (Wildman–Crippen MR) is 72.5 cm³/mol. The standard InChI is InChI=1S/C14H21FN2O2/c1-18-12-9-11(14(15)13(10-12)19-2)3-6-17-7-4-16-5-8-17/h9-10,16H,3-8H2,1-2H3. The molecule has 1 heterocycles. The Morgan fingerprint density at radius 3 is 2.58 bits per heavy atom. The second kappa shape index (κ2) is 6.73. The van der Waals surface area contributed by atoms with Crippen LogP contribution in [-0.2, 0) is 6.42 Å². The highest BCUT2D eigenvalue weighted by Crippen LogP contribution is 2.27. The van der Waals surface area contributed by atoms with Gasteiger partial charge in [0.25, 0.3) is 0 Å². The normalized spacial score (nSPS) is 16.4. The maximum atomic E-state index is 14.1. The van der Waals surface area contributed by atoms with Crippen molar-refractivity contribution < 1.29 is 13.9 Å². The lowest BCUT2D eigenvalue weighted by Gasteiger charge is -2.27. The van der Waals surface area contributed by atoms with Crippen LogP contribution in [-0.4, -0.2) is 51.8 Å². The third-order valence-electron chi connectivity index (χ3n) is 3.45. The summed E-state index contributed by atoms with van der Waals surface area (Å²) in [6.07, 6.45) is 0.666. The summed E-state index contributed by atoms with van der Waals surface area (Å²) in [6.45, 7) is 4.90. The molecule has 0 bridgehead atoms. The Morgan fingerprint density at radius 1 is 1.21 bits per heavy atom. The van der Waals surface area contributed by atoms with E-state index in [1.165, 1.54) is 7.11 Å². The molecule has 106 valence electrons. The second-order valence-corrected chi connectivity index (χ2v) is 4.64. The average molecular weight is 268 g/mol. The van der Waals surface area contributed by atoms with Crippen molar-refractivity contribution in [2.75, 3.05) is 46.9 Å². The summed E-state index contributed by atoms with van der Waals surface area (Å²) >= 11 is 0. The van der Waals surface area contributed by atoms with Crippen molar-refractivity contribution in [1.29, 1.82) is 0 Å². The molecule has 0 amide bonds. The zero-order valence-corrected chi connectivity index (χ0v) is 11.5. The molecule has 0 spiro atoms. The summed E-state index contributed by atoms with van der Waals surface area (Å²) in [5.74, 6) is 0.599. The molecule has 2 rings (SSSR count). The zero-order chi connectivity index (χ0) is 13.7. The number of rotatable bonds is 5. The zero-order valence-electron chi connectivity index (χ0n) is 11.5. The van der Waals surface area contributed by atoms with Crippen LogP contribution in [0.3, 0.4) is 0 Å². The molecule has 5 heteroatoms. The fourth-order valence-corrected chi connectivity index (χ4v) is 2.29. The Balaban J connectivity index is 2.05. The van der Waals surface area contributed by atoms with Crippen molar-refractivity contribution in [2.24, 2.45) is 0 Å². The van der Waals surface area contributed by atoms with Crippen molar-refractivity contribution in [1.82, 2.24) is 10.2 Å². The van der Waals surface area contributed by atoms with Gasteiger partial charge in [-0.2, -0.15) is 0 Å². The summed E-state index contributed by atoms with van der Waals surface area (Å²) in [7, 11) is 3.05. The summed E-state index contributed by atoms with van der Waals surface area (Å²) in [5.41, 5.74) is 0.648. The summed E-state index contributed by atoms with van der Waals surface area (Å²) in [6, 6.07) is 3.32. The fourth-order valence-electron chi connectivity index (χ4n) is 2.29. The van der Waals surface area contributed by atoms with Gasteiger partial charge in [-0.05, 0) is 18.1 Å². The van der Waals surface area contributed by atoms with Gasteiger partial charge in [0, 0.05) is 38.8 Å². The number of methoxy groups -OCH3 is 2. The second-order valence-electron chi connectivity index (χ2n) is 4.64. The molecule has 1 aromatic rings. The van der Waals surface area contributed by atoms with Gasteiger partial charge in [-0.15, -0.1) is 0 Å². The highest BCUT2D eigenvalue weighted by molar-refractivity contribution is 5.40. The smallest absolute Gasteiger partial charge is 0.168 e. The summed E-state index contributed by atoms with van der Waals surface area (Å²) in [5, 5.41) is 3.31. The molecule has 0 radical (unpaired) electrons. The quantitative estimate of drug-likeness (QED) is 0.872. The molecule has 1 saturated heterocycles. The predicted octanol–water partition coefficient (Wildman–Crippen LogP) is 1.29. The van der Waals surface area contributed by atoms with E-state index in [-0.39, 0.29) is 11.6 Å². The highest BCUT2D eigenvalue weighted by Gasteiger charge is 2.14. The van der Waals surface area contributed by atoms with Gasteiger partial charge >= 0.3 is 0 Å². The van der Waals surface area contributed by atoms with Crippen LogP contribution in [0.2, 0.25) is 0 Å². The van der Waals surface area contributed by atoms with Crippen LogP contribution >= 0.6 is 0 Å². The first kappa shape index (κ1) is 14.1. The van der Waals surface area contributed by atoms with Crippen LogP contribution in [0.5, 0.6) is 11.5 Å². The monoisotopic (exact) mass is 268 g/mol. The first-order valence-corrected chi connectivity index (χ1v) is 6.58. The van der Waals surface area contributed by atoms with Crippen LogP contribution in [0.15, 0.2) is 12.1 Å². The largest absolute Gasteiger partial charge is 0.497 e. The Bertz CT molecular complexity index is 420. The van der Waals surface area contributed by atoms with Crippen molar-refractivity contribution in [3.05, 3.63) is 23.5 Å². The Hall–Kier alpha value is -1.33. The van der Waals surface area contributed by atoms with E-state index in [4.69, 9.17) is 9.47 Å². The van der Waals surface area contributed by atoms with E-state index in [1.807, 2.05) is 0 Å². The van der Waals surface area contributed by atoms with E-state index in [9.17, 15) is 4.39 Å². The Morgan fingerprint density at radius 2 is 1.95 bits per heavy atom. The molecule has 1 aliphatic rings. The Kier molecular flexibility index (Phi) is 4.99. The van der Waals surface area contributed by atoms with E-state index < -0.39 is 0 Å². The number of piperazine rings is 1. The molecule has 1 N–H and O–H groups in total. The lowest BCUT2D eigenvalue weighted by Crippen LogP contribution is -2.44. The minimum atomic E-state index is -0.279. The average Bonchev–Trinajstić information content (AvgIpc) is 2.47. The van der Waals surface area contributed by atoms with Gasteiger partial charge in [0.15, 0.2) is 11.6 Å². The maximum Gasteiger partial charge on any atom is 0.168 e. The lowest BCUT2D eigenvalue weighted by atomic mass is 10.1. The van der Waals surface area contributed by atoms with Crippen LogP contribution in [0, 0.1) is 5.82 Å². The summed E-state index contributed by atoms with van der Waals surface area (Å²) in [4.78, 5) is 2.34. The van der Waals surface area contributed by atoms with Gasteiger partial charge < -0.3 is 19.7 Å². The van der Waals surface area contributed by atoms with E-state index in [1.54, 1.807) is 19.2 Å². The maximum absolute atomic E-state index is 14.1. The van der Waals surface area contributed by atoms with Crippen LogP contribution in [0.25, 0.3) is 0 Å². The molecule has 1 aliphatic heterocycles. The molecule has 0 aliphatic carbocycles.